The largest absolute Gasteiger partial charge is 0.402 e. The number of nitrogens with two attached hydrogens (primary N) is 1. The highest BCUT2D eigenvalue weighted by atomic mass is 16.1. The predicted molar refractivity (Wildman–Crippen MR) is 84.4 cm³/mol. The van der Waals surface area contributed by atoms with Gasteiger partial charge < -0.3 is 5.73 Å². The van der Waals surface area contributed by atoms with Gasteiger partial charge in [-0.25, -0.2) is 0 Å². The van der Waals surface area contributed by atoms with E-state index in [2.05, 4.69) is 26.0 Å². The molecule has 2 N–H and O–H groups in total. The van der Waals surface area contributed by atoms with Gasteiger partial charge in [0.1, 0.15) is 5.78 Å². The van der Waals surface area contributed by atoms with Gasteiger partial charge in [0.15, 0.2) is 0 Å². The van der Waals surface area contributed by atoms with Gasteiger partial charge in [-0.3, -0.25) is 4.79 Å². The van der Waals surface area contributed by atoms with Crippen molar-refractivity contribution >= 4 is 5.78 Å². The van der Waals surface area contributed by atoms with E-state index in [1.165, 1.54) is 12.8 Å². The van der Waals surface area contributed by atoms with E-state index < -0.39 is 0 Å². The highest BCUT2D eigenvalue weighted by molar-refractivity contribution is 5.87. The Bertz CT molecular complexity index is 560. The summed E-state index contributed by atoms with van der Waals surface area (Å²) in [4.78, 5) is 12.4. The van der Waals surface area contributed by atoms with Gasteiger partial charge in [0.2, 0.25) is 0 Å². The third-order valence-electron chi connectivity index (χ3n) is 7.52. The summed E-state index contributed by atoms with van der Waals surface area (Å²) >= 11 is 0. The highest BCUT2D eigenvalue weighted by Crippen LogP contribution is 2.63. The second kappa shape index (κ2) is 4.24. The van der Waals surface area contributed by atoms with E-state index in [9.17, 15) is 4.79 Å². The van der Waals surface area contributed by atoms with E-state index in [-0.39, 0.29) is 5.41 Å². The maximum Gasteiger partial charge on any atom is 0.139 e. The zero-order valence-corrected chi connectivity index (χ0v) is 13.3. The monoisotopic (exact) mass is 285 g/mol. The summed E-state index contributed by atoms with van der Waals surface area (Å²) in [5, 5.41) is 0. The van der Waals surface area contributed by atoms with E-state index in [0.717, 1.165) is 49.6 Å². The molecule has 0 aromatic heterocycles. The van der Waals surface area contributed by atoms with Crippen molar-refractivity contribution in [2.45, 2.75) is 58.8 Å². The second-order valence-electron chi connectivity index (χ2n) is 8.34. The molecule has 21 heavy (non-hydrogen) atoms. The number of rotatable bonds is 0. The van der Waals surface area contributed by atoms with Crippen molar-refractivity contribution in [1.29, 1.82) is 0 Å². The lowest BCUT2D eigenvalue weighted by Gasteiger charge is -2.55. The first kappa shape index (κ1) is 13.6. The van der Waals surface area contributed by atoms with Crippen LogP contribution in [-0.4, -0.2) is 5.78 Å². The van der Waals surface area contributed by atoms with Crippen LogP contribution in [-0.2, 0) is 4.79 Å². The average Bonchev–Trinajstić information content (AvgIpc) is 2.76. The number of ketones is 1. The number of fused-ring (bicyclic) bond motifs is 5. The molecular weight excluding hydrogens is 258 g/mol. The van der Waals surface area contributed by atoms with Crippen molar-refractivity contribution in [3.63, 3.8) is 0 Å². The molecule has 114 valence electrons. The lowest BCUT2D eigenvalue weighted by molar-refractivity contribution is -0.131. The first-order chi connectivity index (χ1) is 9.95. The summed E-state index contributed by atoms with van der Waals surface area (Å²) in [5.74, 6) is 2.64. The summed E-state index contributed by atoms with van der Waals surface area (Å²) in [5.41, 5.74) is 9.00. The topological polar surface area (TPSA) is 43.1 Å². The Morgan fingerprint density at radius 2 is 1.90 bits per heavy atom. The van der Waals surface area contributed by atoms with Crippen molar-refractivity contribution in [3.05, 3.63) is 23.4 Å². The fraction of sp³-hybridized carbons (Fsp3) is 0.737. The number of hydrogen-bond donors (Lipinski definition) is 1. The van der Waals surface area contributed by atoms with Gasteiger partial charge in [-0.05, 0) is 55.3 Å². The minimum atomic E-state index is -0.00754. The summed E-state index contributed by atoms with van der Waals surface area (Å²) in [7, 11) is 0. The molecule has 2 nitrogen and oxygen atoms in total. The summed E-state index contributed by atoms with van der Waals surface area (Å²) in [6.07, 6.45) is 12.3. The molecule has 4 aliphatic rings. The average molecular weight is 285 g/mol. The van der Waals surface area contributed by atoms with E-state index in [1.807, 2.05) is 0 Å². The van der Waals surface area contributed by atoms with Gasteiger partial charge in [-0.15, -0.1) is 0 Å². The van der Waals surface area contributed by atoms with Crippen LogP contribution in [0.15, 0.2) is 23.4 Å². The van der Waals surface area contributed by atoms with E-state index in [1.54, 1.807) is 5.57 Å². The van der Waals surface area contributed by atoms with Gasteiger partial charge in [-0.2, -0.15) is 0 Å². The molecule has 0 amide bonds. The third-order valence-corrected chi connectivity index (χ3v) is 7.52. The zero-order valence-electron chi connectivity index (χ0n) is 13.3. The molecule has 2 heteroatoms. The fourth-order valence-electron chi connectivity index (χ4n) is 6.12. The molecule has 0 aliphatic heterocycles. The first-order valence-corrected chi connectivity index (χ1v) is 8.62. The number of carbonyl (C=O) groups is 1. The lowest BCUT2D eigenvalue weighted by atomic mass is 9.48. The van der Waals surface area contributed by atoms with Crippen LogP contribution >= 0.6 is 0 Å². The lowest BCUT2D eigenvalue weighted by Crippen LogP contribution is -2.49. The molecule has 0 heterocycles. The number of carbonyl (C=O) groups excluding carboxylic acids is 1. The normalized spacial score (nSPS) is 48.9. The Morgan fingerprint density at radius 3 is 2.71 bits per heavy atom. The summed E-state index contributed by atoms with van der Waals surface area (Å²) in [6, 6.07) is 0. The van der Waals surface area contributed by atoms with Crippen LogP contribution in [0.5, 0.6) is 0 Å². The number of Topliss-reactive ketones (excluding diaryl/α,β-unsaturated/α-hetero) is 1. The van der Waals surface area contributed by atoms with Crippen molar-refractivity contribution in [3.8, 4) is 0 Å². The Balaban J connectivity index is 1.71. The Hall–Kier alpha value is -1.05. The Labute approximate surface area is 127 Å². The van der Waals surface area contributed by atoms with E-state index in [4.69, 9.17) is 5.73 Å². The number of hydrogen-bond acceptors (Lipinski definition) is 2. The minimum Gasteiger partial charge on any atom is -0.402 e. The molecule has 0 saturated heterocycles. The van der Waals surface area contributed by atoms with Crippen LogP contribution < -0.4 is 5.73 Å². The van der Waals surface area contributed by atoms with Crippen LogP contribution in [0.4, 0.5) is 0 Å². The molecule has 5 atom stereocenters. The molecule has 2 fully saturated rings. The van der Waals surface area contributed by atoms with Crippen LogP contribution in [0.25, 0.3) is 0 Å². The van der Waals surface area contributed by atoms with Gasteiger partial charge in [0.25, 0.3) is 0 Å². The fourth-order valence-corrected chi connectivity index (χ4v) is 6.12. The molecule has 0 spiro atoms. The van der Waals surface area contributed by atoms with Crippen LogP contribution in [0.1, 0.15) is 58.8 Å². The predicted octanol–water partition coefficient (Wildman–Crippen LogP) is 3.97. The zero-order chi connectivity index (χ0) is 14.8. The van der Waals surface area contributed by atoms with Crippen LogP contribution in [0.3, 0.4) is 0 Å². The molecule has 0 aromatic carbocycles. The van der Waals surface area contributed by atoms with Gasteiger partial charge in [0.05, 0.1) is 0 Å². The van der Waals surface area contributed by atoms with Gasteiger partial charge in [0, 0.05) is 24.0 Å². The summed E-state index contributed by atoms with van der Waals surface area (Å²) < 4.78 is 0. The van der Waals surface area contributed by atoms with E-state index in [0.29, 0.717) is 17.1 Å². The maximum absolute atomic E-state index is 12.4. The van der Waals surface area contributed by atoms with Crippen molar-refractivity contribution in [2.24, 2.45) is 34.3 Å². The highest BCUT2D eigenvalue weighted by Gasteiger charge is 2.58. The molecular formula is C19H27NO. The van der Waals surface area contributed by atoms with Crippen molar-refractivity contribution in [1.82, 2.24) is 0 Å². The van der Waals surface area contributed by atoms with Gasteiger partial charge >= 0.3 is 0 Å². The SMILES string of the molecule is C[C@]12CC=C(N)CC1=CC[C@@H]1[C@@H]2CC[C@]2(C)C(=O)CC[C@@H]12. The number of allylic oxidation sites excluding steroid dienone is 3. The standard InChI is InChI=1S/C19H27NO/c1-18-9-7-13(20)11-12(18)3-4-14-15-5-6-17(21)19(15,2)10-8-16(14)18/h3,7,14-16H,4-6,8-11,20H2,1-2H3/t14-,15-,16-,18-,19-/m0/s1. The molecule has 0 aromatic rings. The Morgan fingerprint density at radius 1 is 1.14 bits per heavy atom. The van der Waals surface area contributed by atoms with Crippen molar-refractivity contribution in [2.75, 3.05) is 0 Å². The summed E-state index contributed by atoms with van der Waals surface area (Å²) in [6.45, 7) is 4.71. The molecule has 4 aliphatic carbocycles. The van der Waals surface area contributed by atoms with Crippen LogP contribution in [0, 0.1) is 28.6 Å². The van der Waals surface area contributed by atoms with Gasteiger partial charge in [-0.1, -0.05) is 31.6 Å². The molecule has 0 radical (unpaired) electrons. The second-order valence-corrected chi connectivity index (χ2v) is 8.34. The quantitative estimate of drug-likeness (QED) is 0.684. The Kier molecular flexibility index (Phi) is 2.75. The maximum atomic E-state index is 12.4. The van der Waals surface area contributed by atoms with Crippen molar-refractivity contribution < 1.29 is 4.79 Å². The van der Waals surface area contributed by atoms with Crippen LogP contribution in [0.2, 0.25) is 0 Å². The third kappa shape index (κ3) is 1.68. The minimum absolute atomic E-state index is 0.00754. The smallest absolute Gasteiger partial charge is 0.139 e. The first-order valence-electron chi connectivity index (χ1n) is 8.62. The molecule has 4 rings (SSSR count). The molecule has 2 saturated carbocycles. The molecule has 0 unspecified atom stereocenters. The molecule has 0 bridgehead atoms. The van der Waals surface area contributed by atoms with E-state index >= 15 is 0 Å².